The van der Waals surface area contributed by atoms with Crippen molar-refractivity contribution in [1.82, 2.24) is 4.90 Å². The maximum absolute atomic E-state index is 11.7. The fraction of sp³-hybridized carbons (Fsp3) is 0.357. The Bertz CT molecular complexity index is 571. The Hall–Kier alpha value is -2.35. The van der Waals surface area contributed by atoms with Crippen molar-refractivity contribution in [3.63, 3.8) is 0 Å². The van der Waals surface area contributed by atoms with Crippen molar-refractivity contribution in [2.45, 2.75) is 6.42 Å². The van der Waals surface area contributed by atoms with Crippen molar-refractivity contribution in [2.24, 2.45) is 11.8 Å². The first-order valence-electron chi connectivity index (χ1n) is 6.19. The number of benzene rings is 1. The number of rotatable bonds is 4. The quantitative estimate of drug-likeness (QED) is 0.752. The number of piperidine rings is 1. The number of amides is 2. The lowest BCUT2D eigenvalue weighted by molar-refractivity contribution is -0.141. The third kappa shape index (κ3) is 2.06. The number of hydrogen-bond donors (Lipinski definition) is 0. The summed E-state index contributed by atoms with van der Waals surface area (Å²) in [6.07, 6.45) is 0.721. The fourth-order valence-electron chi connectivity index (χ4n) is 2.38. The van der Waals surface area contributed by atoms with E-state index in [-0.39, 0.29) is 36.8 Å². The van der Waals surface area contributed by atoms with E-state index in [9.17, 15) is 9.59 Å². The van der Waals surface area contributed by atoms with Crippen molar-refractivity contribution in [2.75, 3.05) is 13.2 Å². The molecule has 0 aromatic heterocycles. The first kappa shape index (κ1) is 11.7. The molecule has 0 N–H and O–H groups in total. The Morgan fingerprint density at radius 1 is 1.32 bits per heavy atom. The summed E-state index contributed by atoms with van der Waals surface area (Å²) >= 11 is 0. The van der Waals surface area contributed by atoms with Crippen molar-refractivity contribution in [3.8, 4) is 11.8 Å². The molecule has 0 spiro atoms. The van der Waals surface area contributed by atoms with E-state index in [1.807, 2.05) is 6.07 Å². The molecule has 0 radical (unpaired) electrons. The highest BCUT2D eigenvalue weighted by Gasteiger charge is 2.58. The average Bonchev–Trinajstić information content (AvgIpc) is 3.18. The van der Waals surface area contributed by atoms with Crippen LogP contribution in [0.1, 0.15) is 12.0 Å². The van der Waals surface area contributed by atoms with Gasteiger partial charge in [-0.2, -0.15) is 5.26 Å². The zero-order valence-corrected chi connectivity index (χ0v) is 10.2. The Morgan fingerprint density at radius 2 is 2.05 bits per heavy atom. The lowest BCUT2D eigenvalue weighted by Crippen LogP contribution is -2.36. The number of hydrogen-bond acceptors (Lipinski definition) is 4. The molecule has 5 heteroatoms. The van der Waals surface area contributed by atoms with Crippen LogP contribution < -0.4 is 4.74 Å². The summed E-state index contributed by atoms with van der Waals surface area (Å²) < 4.78 is 5.46. The third-order valence-electron chi connectivity index (χ3n) is 3.50. The monoisotopic (exact) mass is 256 g/mol. The molecule has 2 amide bonds. The summed E-state index contributed by atoms with van der Waals surface area (Å²) in [6.45, 7) is 0.535. The molecule has 1 aliphatic carbocycles. The molecule has 2 aliphatic rings. The molecule has 2 fully saturated rings. The molecule has 2 atom stereocenters. The molecule has 19 heavy (non-hydrogen) atoms. The first-order chi connectivity index (χ1) is 9.20. The zero-order chi connectivity index (χ0) is 13.4. The van der Waals surface area contributed by atoms with Gasteiger partial charge in [-0.25, -0.2) is 0 Å². The van der Waals surface area contributed by atoms with Gasteiger partial charge in [0.1, 0.15) is 12.4 Å². The van der Waals surface area contributed by atoms with Crippen molar-refractivity contribution in [3.05, 3.63) is 29.8 Å². The Labute approximate surface area is 110 Å². The van der Waals surface area contributed by atoms with Gasteiger partial charge in [-0.3, -0.25) is 14.5 Å². The molecule has 2 unspecified atom stereocenters. The van der Waals surface area contributed by atoms with Gasteiger partial charge in [0.05, 0.1) is 30.0 Å². The van der Waals surface area contributed by atoms with Gasteiger partial charge in [-0.1, -0.05) is 6.07 Å². The number of carbonyl (C=O) groups excluding carboxylic acids is 2. The highest BCUT2D eigenvalue weighted by atomic mass is 16.5. The van der Waals surface area contributed by atoms with Crippen molar-refractivity contribution < 1.29 is 14.3 Å². The Morgan fingerprint density at radius 3 is 2.74 bits per heavy atom. The summed E-state index contributed by atoms with van der Waals surface area (Å²) in [6, 6.07) is 8.82. The molecule has 1 saturated heterocycles. The third-order valence-corrected chi connectivity index (χ3v) is 3.50. The van der Waals surface area contributed by atoms with E-state index in [0.29, 0.717) is 11.3 Å². The first-order valence-corrected chi connectivity index (χ1v) is 6.19. The van der Waals surface area contributed by atoms with Gasteiger partial charge < -0.3 is 4.74 Å². The highest BCUT2D eigenvalue weighted by molar-refractivity contribution is 6.08. The van der Waals surface area contributed by atoms with Crippen LogP contribution in [-0.4, -0.2) is 29.9 Å². The average molecular weight is 256 g/mol. The van der Waals surface area contributed by atoms with Gasteiger partial charge >= 0.3 is 0 Å². The van der Waals surface area contributed by atoms with Crippen LogP contribution in [0.5, 0.6) is 5.75 Å². The number of imide groups is 1. The topological polar surface area (TPSA) is 70.4 Å². The summed E-state index contributed by atoms with van der Waals surface area (Å²) in [4.78, 5) is 24.7. The number of nitrogens with zero attached hydrogens (tertiary/aromatic N) is 2. The SMILES string of the molecule is N#Cc1cccc(OCCN2C(=O)C3CC3C2=O)c1. The van der Waals surface area contributed by atoms with Gasteiger partial charge in [0.2, 0.25) is 11.8 Å². The molecule has 0 bridgehead atoms. The van der Waals surface area contributed by atoms with E-state index in [1.54, 1.807) is 24.3 Å². The van der Waals surface area contributed by atoms with Crippen LogP contribution in [-0.2, 0) is 9.59 Å². The number of ether oxygens (including phenoxy) is 1. The molecular formula is C14H12N2O3. The molecule has 1 heterocycles. The second kappa shape index (κ2) is 4.39. The number of carbonyl (C=O) groups is 2. The predicted molar refractivity (Wildman–Crippen MR) is 65.0 cm³/mol. The fourth-order valence-corrected chi connectivity index (χ4v) is 2.38. The summed E-state index contributed by atoms with van der Waals surface area (Å²) in [7, 11) is 0. The maximum Gasteiger partial charge on any atom is 0.233 e. The smallest absolute Gasteiger partial charge is 0.233 e. The van der Waals surface area contributed by atoms with Crippen molar-refractivity contribution >= 4 is 11.8 Å². The Balaban J connectivity index is 1.55. The van der Waals surface area contributed by atoms with Crippen LogP contribution in [0.15, 0.2) is 24.3 Å². The minimum Gasteiger partial charge on any atom is -0.492 e. The minimum absolute atomic E-state index is 0.0607. The standard InChI is InChI=1S/C14H12N2O3/c15-8-9-2-1-3-10(6-9)19-5-4-16-13(17)11-7-12(11)14(16)18/h1-3,6,11-12H,4-5,7H2. The minimum atomic E-state index is -0.0654. The zero-order valence-electron chi connectivity index (χ0n) is 10.2. The van der Waals surface area contributed by atoms with Gasteiger partial charge in [0.15, 0.2) is 0 Å². The molecule has 1 saturated carbocycles. The molecule has 1 aliphatic heterocycles. The molecule has 5 nitrogen and oxygen atoms in total. The van der Waals surface area contributed by atoms with E-state index in [4.69, 9.17) is 10.00 Å². The molecular weight excluding hydrogens is 244 g/mol. The van der Waals surface area contributed by atoms with Gasteiger partial charge in [-0.15, -0.1) is 0 Å². The van der Waals surface area contributed by atoms with E-state index < -0.39 is 0 Å². The van der Waals surface area contributed by atoms with Crippen LogP contribution in [0, 0.1) is 23.2 Å². The van der Waals surface area contributed by atoms with E-state index >= 15 is 0 Å². The summed E-state index contributed by atoms with van der Waals surface area (Å²) in [5.74, 6) is 0.320. The summed E-state index contributed by atoms with van der Waals surface area (Å²) in [5, 5.41) is 8.76. The van der Waals surface area contributed by atoms with Gasteiger partial charge in [-0.05, 0) is 24.6 Å². The largest absolute Gasteiger partial charge is 0.492 e. The predicted octanol–water partition coefficient (Wildman–Crippen LogP) is 0.942. The van der Waals surface area contributed by atoms with Crippen LogP contribution >= 0.6 is 0 Å². The normalized spacial score (nSPS) is 24.1. The lowest BCUT2D eigenvalue weighted by atomic mass is 10.2. The second-order valence-electron chi connectivity index (χ2n) is 4.76. The van der Waals surface area contributed by atoms with Crippen molar-refractivity contribution in [1.29, 1.82) is 5.26 Å². The molecule has 1 aromatic carbocycles. The van der Waals surface area contributed by atoms with E-state index in [0.717, 1.165) is 6.42 Å². The van der Waals surface area contributed by atoms with Crippen LogP contribution in [0.2, 0.25) is 0 Å². The summed E-state index contributed by atoms with van der Waals surface area (Å²) in [5.41, 5.74) is 0.520. The highest BCUT2D eigenvalue weighted by Crippen LogP contribution is 2.46. The van der Waals surface area contributed by atoms with Gasteiger partial charge in [0.25, 0.3) is 0 Å². The lowest BCUT2D eigenvalue weighted by Gasteiger charge is -2.16. The van der Waals surface area contributed by atoms with Gasteiger partial charge in [0, 0.05) is 0 Å². The molecule has 1 aromatic rings. The maximum atomic E-state index is 11.7. The Kier molecular flexibility index (Phi) is 2.71. The number of likely N-dealkylation sites (tertiary alicyclic amines) is 1. The second-order valence-corrected chi connectivity index (χ2v) is 4.76. The number of nitriles is 1. The van der Waals surface area contributed by atoms with Crippen LogP contribution in [0.4, 0.5) is 0 Å². The molecule has 3 rings (SSSR count). The van der Waals surface area contributed by atoms with E-state index in [1.165, 1.54) is 4.90 Å². The molecule has 96 valence electrons. The van der Waals surface area contributed by atoms with Crippen LogP contribution in [0.3, 0.4) is 0 Å². The van der Waals surface area contributed by atoms with Crippen LogP contribution in [0.25, 0.3) is 0 Å². The van der Waals surface area contributed by atoms with E-state index in [2.05, 4.69) is 0 Å². The number of fused-ring (bicyclic) bond motifs is 1.